The van der Waals surface area contributed by atoms with Gasteiger partial charge in [-0.1, -0.05) is 33.6 Å². The van der Waals surface area contributed by atoms with Gasteiger partial charge in [0.15, 0.2) is 0 Å². The van der Waals surface area contributed by atoms with Gasteiger partial charge in [0.2, 0.25) is 34.1 Å². The molecule has 9 atom stereocenters. The SMILES string of the molecule is COc1ccc2nc3c(nc2c1)O[C@@H]1C[C@@H](C(=O)N[C@]2(C(=O)NS(=O)(=O)C4CC4)C[C@H]2C(F)F)N(C1)C(=O)[C@H](C(C)(C)C)NC(=O)O[C@@H]1CC2C[C@@H]2[C@H]1CCCCC3. The highest BCUT2D eigenvalue weighted by atomic mass is 32.2. The van der Waals surface area contributed by atoms with Gasteiger partial charge in [0.05, 0.1) is 35.9 Å². The molecule has 2 aromatic rings. The first-order chi connectivity index (χ1) is 27.5. The number of rotatable bonds is 7. The third kappa shape index (κ3) is 8.01. The van der Waals surface area contributed by atoms with E-state index in [2.05, 4.69) is 10.6 Å². The van der Waals surface area contributed by atoms with Crippen molar-refractivity contribution in [2.45, 2.75) is 133 Å². The summed E-state index contributed by atoms with van der Waals surface area (Å²) in [5, 5.41) is 4.44. The van der Waals surface area contributed by atoms with E-state index in [0.29, 0.717) is 53.6 Å². The number of carbonyl (C=O) groups is 4. The number of halogens is 2. The normalized spacial score (nSPS) is 32.7. The number of carbonyl (C=O) groups excluding carboxylic acids is 4. The zero-order valence-electron chi connectivity index (χ0n) is 33.2. The summed E-state index contributed by atoms with van der Waals surface area (Å²) in [6, 6.07) is 2.76. The van der Waals surface area contributed by atoms with E-state index < -0.39 is 87.0 Å². The Labute approximate surface area is 336 Å². The molecule has 15 nitrogen and oxygen atoms in total. The molecule has 6 aliphatic rings. The maximum atomic E-state index is 14.7. The van der Waals surface area contributed by atoms with Crippen LogP contribution < -0.4 is 24.8 Å². The monoisotopic (exact) mass is 830 g/mol. The number of nitrogens with one attached hydrogen (secondary N) is 3. The highest BCUT2D eigenvalue weighted by Gasteiger charge is 2.67. The van der Waals surface area contributed by atoms with E-state index in [-0.39, 0.29) is 30.9 Å². The second-order valence-corrected chi connectivity index (χ2v) is 20.1. The van der Waals surface area contributed by atoms with Crippen molar-refractivity contribution in [1.82, 2.24) is 30.2 Å². The quantitative estimate of drug-likeness (QED) is 0.365. The highest BCUT2D eigenvalue weighted by molar-refractivity contribution is 7.91. The molecule has 5 fully saturated rings. The van der Waals surface area contributed by atoms with Gasteiger partial charge in [-0.3, -0.25) is 19.1 Å². The third-order valence-corrected chi connectivity index (χ3v) is 14.7. The molecule has 4 aliphatic carbocycles. The molecule has 4 amide bonds. The van der Waals surface area contributed by atoms with Crippen molar-refractivity contribution in [2.24, 2.45) is 29.1 Å². The third-order valence-electron chi connectivity index (χ3n) is 12.9. The minimum absolute atomic E-state index is 0.139. The van der Waals surface area contributed by atoms with E-state index in [0.717, 1.165) is 38.5 Å². The Bertz CT molecular complexity index is 2100. The molecule has 2 aliphatic heterocycles. The summed E-state index contributed by atoms with van der Waals surface area (Å²) in [5.74, 6) is -2.48. The lowest BCUT2D eigenvalue weighted by molar-refractivity contribution is -0.143. The van der Waals surface area contributed by atoms with Crippen molar-refractivity contribution in [1.29, 1.82) is 0 Å². The number of fused-ring (bicyclic) bond motifs is 7. The molecule has 3 N–H and O–H groups in total. The number of aromatic nitrogens is 2. The predicted octanol–water partition coefficient (Wildman–Crippen LogP) is 4.02. The van der Waals surface area contributed by atoms with Gasteiger partial charge in [0, 0.05) is 12.5 Å². The van der Waals surface area contributed by atoms with Crippen LogP contribution in [0.15, 0.2) is 18.2 Å². The van der Waals surface area contributed by atoms with Crippen molar-refractivity contribution in [3.63, 3.8) is 0 Å². The second-order valence-electron chi connectivity index (χ2n) is 18.1. The van der Waals surface area contributed by atoms with Crippen LogP contribution in [-0.4, -0.2) is 102 Å². The zero-order valence-corrected chi connectivity index (χ0v) is 34.0. The minimum Gasteiger partial charge on any atom is -0.497 e. The second kappa shape index (κ2) is 15.0. The van der Waals surface area contributed by atoms with E-state index in [1.807, 2.05) is 10.8 Å². The van der Waals surface area contributed by atoms with Crippen LogP contribution in [0, 0.1) is 29.1 Å². The summed E-state index contributed by atoms with van der Waals surface area (Å²) in [6.07, 6.45) is 1.01. The molecule has 1 unspecified atom stereocenters. The number of alkyl halides is 2. The van der Waals surface area contributed by atoms with E-state index >= 15 is 0 Å². The Morgan fingerprint density at radius 3 is 2.48 bits per heavy atom. The summed E-state index contributed by atoms with van der Waals surface area (Å²) in [6.45, 7) is 5.11. The van der Waals surface area contributed by atoms with Gasteiger partial charge in [-0.25, -0.2) is 32.0 Å². The molecule has 0 radical (unpaired) electrons. The van der Waals surface area contributed by atoms with Gasteiger partial charge in [0.25, 0.3) is 5.91 Å². The fourth-order valence-corrected chi connectivity index (χ4v) is 10.7. The average molecular weight is 831 g/mol. The molecule has 58 heavy (non-hydrogen) atoms. The number of ether oxygens (including phenoxy) is 3. The number of methoxy groups -OCH3 is 1. The largest absolute Gasteiger partial charge is 0.497 e. The standard InChI is InChI=1S/C40H52F2N6O9S/c1-39(2,3)32-36(50)48-19-22(17-30(48)34(49)46-40(18-26(40)33(41)42)37(51)47-58(53,54)23-11-12-23)56-35-28(43-27-13-10-21(55-4)16-29(27)44-35)9-7-5-6-8-24-25-14-20(25)15-31(24)57-38(52)45-32/h10,13,16,20,22-26,30-33H,5-9,11-12,14-15,17-19H2,1-4H3,(H,45,52)(H,46,49)(H,47,51)/t20?,22-,24-,25+,26+,30+,31-,32-,40-/m1/s1. The van der Waals surface area contributed by atoms with Gasteiger partial charge < -0.3 is 29.7 Å². The van der Waals surface area contributed by atoms with Crippen molar-refractivity contribution < 1.29 is 50.6 Å². The van der Waals surface area contributed by atoms with Crippen molar-refractivity contribution in [2.75, 3.05) is 13.7 Å². The zero-order chi connectivity index (χ0) is 41.3. The molecule has 8 rings (SSSR count). The molecule has 4 saturated carbocycles. The van der Waals surface area contributed by atoms with E-state index in [1.165, 1.54) is 12.0 Å². The number of amides is 4. The lowest BCUT2D eigenvalue weighted by Crippen LogP contribution is -2.60. The molecular formula is C40H52F2N6O9S. The lowest BCUT2D eigenvalue weighted by atomic mass is 9.85. The number of benzene rings is 1. The van der Waals surface area contributed by atoms with Crippen LogP contribution >= 0.6 is 0 Å². The topological polar surface area (TPSA) is 195 Å². The fourth-order valence-electron chi connectivity index (χ4n) is 9.31. The van der Waals surface area contributed by atoms with E-state index in [4.69, 9.17) is 24.2 Å². The Morgan fingerprint density at radius 1 is 1.02 bits per heavy atom. The number of hydrogen-bond acceptors (Lipinski definition) is 11. The summed E-state index contributed by atoms with van der Waals surface area (Å²) in [5.41, 5.74) is -1.37. The van der Waals surface area contributed by atoms with Crippen LogP contribution in [-0.2, 0) is 35.6 Å². The highest BCUT2D eigenvalue weighted by Crippen LogP contribution is 2.58. The smallest absolute Gasteiger partial charge is 0.408 e. The molecule has 3 heterocycles. The Kier molecular flexibility index (Phi) is 10.5. The maximum absolute atomic E-state index is 14.7. The molecule has 1 aromatic carbocycles. The Morgan fingerprint density at radius 2 is 1.79 bits per heavy atom. The van der Waals surface area contributed by atoms with Crippen LogP contribution in [0.4, 0.5) is 13.6 Å². The Hall–Kier alpha value is -4.35. The Balaban J connectivity index is 1.13. The van der Waals surface area contributed by atoms with E-state index in [9.17, 15) is 36.4 Å². The average Bonchev–Trinajstić information content (AvgIpc) is 4.10. The molecule has 2 bridgehead atoms. The van der Waals surface area contributed by atoms with Gasteiger partial charge in [-0.15, -0.1) is 0 Å². The van der Waals surface area contributed by atoms with Gasteiger partial charge in [-0.2, -0.15) is 0 Å². The molecule has 18 heteroatoms. The number of alkyl carbamates (subject to hydrolysis) is 1. The summed E-state index contributed by atoms with van der Waals surface area (Å²) >= 11 is 0. The van der Waals surface area contributed by atoms with Crippen molar-refractivity contribution in [3.05, 3.63) is 23.9 Å². The summed E-state index contributed by atoms with van der Waals surface area (Å²) in [7, 11) is -2.60. The predicted molar refractivity (Wildman–Crippen MR) is 204 cm³/mol. The molecule has 1 saturated heterocycles. The first-order valence-corrected chi connectivity index (χ1v) is 22.0. The summed E-state index contributed by atoms with van der Waals surface area (Å²) < 4.78 is 73.7. The molecular weight excluding hydrogens is 779 g/mol. The molecule has 1 aromatic heterocycles. The molecule has 316 valence electrons. The van der Waals surface area contributed by atoms with Crippen LogP contribution in [0.3, 0.4) is 0 Å². The van der Waals surface area contributed by atoms with Crippen LogP contribution in [0.25, 0.3) is 11.0 Å². The van der Waals surface area contributed by atoms with Gasteiger partial charge in [0.1, 0.15) is 41.3 Å². The van der Waals surface area contributed by atoms with Crippen molar-refractivity contribution >= 4 is 44.9 Å². The van der Waals surface area contributed by atoms with Crippen LogP contribution in [0.5, 0.6) is 11.6 Å². The minimum atomic E-state index is -4.13. The first-order valence-electron chi connectivity index (χ1n) is 20.4. The first kappa shape index (κ1) is 40.4. The number of nitrogens with zero attached hydrogens (tertiary/aromatic N) is 3. The van der Waals surface area contributed by atoms with Crippen LogP contribution in [0.2, 0.25) is 0 Å². The fraction of sp³-hybridized carbons (Fsp3) is 0.700. The number of sulfonamides is 1. The summed E-state index contributed by atoms with van der Waals surface area (Å²) in [4.78, 5) is 67.1. The number of aryl methyl sites for hydroxylation is 1. The van der Waals surface area contributed by atoms with E-state index in [1.54, 1.807) is 32.9 Å². The van der Waals surface area contributed by atoms with Gasteiger partial charge >= 0.3 is 6.09 Å². The maximum Gasteiger partial charge on any atom is 0.408 e. The number of hydrogen-bond donors (Lipinski definition) is 3. The van der Waals surface area contributed by atoms with Crippen molar-refractivity contribution in [3.8, 4) is 11.6 Å². The van der Waals surface area contributed by atoms with Crippen LogP contribution in [0.1, 0.15) is 90.7 Å². The van der Waals surface area contributed by atoms with Gasteiger partial charge in [-0.05, 0) is 86.7 Å². The molecule has 0 spiro atoms. The lowest BCUT2D eigenvalue weighted by Gasteiger charge is -2.36.